The Morgan fingerprint density at radius 1 is 1.73 bits per heavy atom. The molecule has 0 aromatic carbocycles. The Labute approximate surface area is 91.6 Å². The fraction of sp³-hybridized carbons (Fsp3) is 0.556. The van der Waals surface area contributed by atoms with Gasteiger partial charge < -0.3 is 15.9 Å². The van der Waals surface area contributed by atoms with E-state index < -0.39 is 11.4 Å². The highest BCUT2D eigenvalue weighted by atomic mass is 32.2. The van der Waals surface area contributed by atoms with Gasteiger partial charge in [-0.15, -0.1) is 0 Å². The maximum Gasteiger partial charge on any atom is 0.255 e. The van der Waals surface area contributed by atoms with Crippen LogP contribution in [0, 0.1) is 5.92 Å². The van der Waals surface area contributed by atoms with Crippen molar-refractivity contribution in [2.24, 2.45) is 17.4 Å². The lowest BCUT2D eigenvalue weighted by molar-refractivity contribution is -0.123. The quantitative estimate of drug-likeness (QED) is 0.708. The number of hydrogen-bond acceptors (Lipinski definition) is 5. The van der Waals surface area contributed by atoms with Gasteiger partial charge in [-0.1, -0.05) is 11.8 Å². The molecule has 6 heteroatoms. The second kappa shape index (κ2) is 3.86. The first-order valence-corrected chi connectivity index (χ1v) is 5.72. The molecule has 1 amide bonds. The summed E-state index contributed by atoms with van der Waals surface area (Å²) in [5, 5.41) is 0.520. The van der Waals surface area contributed by atoms with Crippen LogP contribution < -0.4 is 11.5 Å². The Morgan fingerprint density at radius 2 is 2.47 bits per heavy atom. The van der Waals surface area contributed by atoms with Gasteiger partial charge in [0.25, 0.3) is 5.22 Å². The summed E-state index contributed by atoms with van der Waals surface area (Å²) < 4.78 is 5.05. The van der Waals surface area contributed by atoms with E-state index in [0.717, 1.165) is 12.8 Å². The SMILES string of the molecule is NC(=O)C(N)(CSc1ncco1)C1CC1. The van der Waals surface area contributed by atoms with Crippen molar-refractivity contribution in [3.8, 4) is 0 Å². The summed E-state index contributed by atoms with van der Waals surface area (Å²) in [6.45, 7) is 0. The van der Waals surface area contributed by atoms with Crippen LogP contribution in [0.4, 0.5) is 0 Å². The van der Waals surface area contributed by atoms with E-state index in [1.807, 2.05) is 0 Å². The Balaban J connectivity index is 1.98. The van der Waals surface area contributed by atoms with E-state index in [2.05, 4.69) is 4.98 Å². The number of nitrogens with two attached hydrogens (primary N) is 2. The zero-order valence-electron chi connectivity index (χ0n) is 8.18. The monoisotopic (exact) mass is 227 g/mol. The molecule has 1 atom stereocenters. The van der Waals surface area contributed by atoms with Crippen LogP contribution in [-0.2, 0) is 4.79 Å². The van der Waals surface area contributed by atoms with Gasteiger partial charge in [0.1, 0.15) is 11.8 Å². The average molecular weight is 227 g/mol. The maximum absolute atomic E-state index is 11.3. The first-order valence-electron chi connectivity index (χ1n) is 4.74. The van der Waals surface area contributed by atoms with Crippen molar-refractivity contribution in [2.45, 2.75) is 23.6 Å². The van der Waals surface area contributed by atoms with Gasteiger partial charge in [-0.2, -0.15) is 0 Å². The normalized spacial score (nSPS) is 19.8. The van der Waals surface area contributed by atoms with E-state index in [1.165, 1.54) is 18.0 Å². The van der Waals surface area contributed by atoms with Gasteiger partial charge in [0.2, 0.25) is 5.91 Å². The molecule has 0 radical (unpaired) electrons. The largest absolute Gasteiger partial charge is 0.440 e. The van der Waals surface area contributed by atoms with E-state index in [4.69, 9.17) is 15.9 Å². The standard InChI is InChI=1S/C9H13N3O2S/c10-7(13)9(11,6-1-2-6)5-15-8-12-3-4-14-8/h3-4,6H,1-2,5,11H2,(H2,10,13). The summed E-state index contributed by atoms with van der Waals surface area (Å²) in [6, 6.07) is 0. The van der Waals surface area contributed by atoms with Crippen LogP contribution in [0.2, 0.25) is 0 Å². The van der Waals surface area contributed by atoms with Crippen LogP contribution in [-0.4, -0.2) is 22.2 Å². The van der Waals surface area contributed by atoms with Crippen LogP contribution in [0.25, 0.3) is 0 Å². The number of thioether (sulfide) groups is 1. The molecule has 1 unspecified atom stereocenters. The molecular formula is C9H13N3O2S. The van der Waals surface area contributed by atoms with Gasteiger partial charge in [0.15, 0.2) is 0 Å². The number of nitrogens with zero attached hydrogens (tertiary/aromatic N) is 1. The predicted molar refractivity (Wildman–Crippen MR) is 56.1 cm³/mol. The number of rotatable bonds is 5. The molecule has 0 spiro atoms. The zero-order chi connectivity index (χ0) is 10.9. The van der Waals surface area contributed by atoms with Gasteiger partial charge >= 0.3 is 0 Å². The Morgan fingerprint density at radius 3 is 2.93 bits per heavy atom. The van der Waals surface area contributed by atoms with Gasteiger partial charge in [-0.25, -0.2) is 4.98 Å². The molecule has 15 heavy (non-hydrogen) atoms. The summed E-state index contributed by atoms with van der Waals surface area (Å²) in [4.78, 5) is 15.2. The summed E-state index contributed by atoms with van der Waals surface area (Å²) >= 11 is 1.33. The lowest BCUT2D eigenvalue weighted by atomic mass is 9.96. The lowest BCUT2D eigenvalue weighted by Crippen LogP contribution is -2.56. The molecule has 82 valence electrons. The molecule has 0 aliphatic heterocycles. The third kappa shape index (κ3) is 2.15. The number of primary amides is 1. The average Bonchev–Trinajstić information content (AvgIpc) is 2.93. The summed E-state index contributed by atoms with van der Waals surface area (Å²) in [5.41, 5.74) is 10.4. The van der Waals surface area contributed by atoms with Gasteiger partial charge in [0.05, 0.1) is 6.20 Å². The van der Waals surface area contributed by atoms with Crippen molar-refractivity contribution in [3.63, 3.8) is 0 Å². The van der Waals surface area contributed by atoms with Gasteiger partial charge in [-0.3, -0.25) is 4.79 Å². The van der Waals surface area contributed by atoms with Crippen molar-refractivity contribution >= 4 is 17.7 Å². The van der Waals surface area contributed by atoms with Crippen LogP contribution in [0.15, 0.2) is 22.1 Å². The smallest absolute Gasteiger partial charge is 0.255 e. The summed E-state index contributed by atoms with van der Waals surface area (Å²) in [5.74, 6) is 0.203. The Bertz CT molecular complexity index is 350. The van der Waals surface area contributed by atoms with Crippen LogP contribution in [0.1, 0.15) is 12.8 Å². The molecule has 1 fully saturated rings. The zero-order valence-corrected chi connectivity index (χ0v) is 9.00. The van der Waals surface area contributed by atoms with Gasteiger partial charge in [-0.05, 0) is 18.8 Å². The fourth-order valence-corrected chi connectivity index (χ4v) is 2.45. The van der Waals surface area contributed by atoms with Crippen LogP contribution >= 0.6 is 11.8 Å². The highest BCUT2D eigenvalue weighted by Crippen LogP contribution is 2.40. The van der Waals surface area contributed by atoms with Crippen LogP contribution in [0.3, 0.4) is 0 Å². The first-order chi connectivity index (χ1) is 7.13. The third-order valence-corrected chi connectivity index (χ3v) is 3.68. The molecule has 1 aromatic rings. The molecule has 1 aromatic heterocycles. The Hall–Kier alpha value is -1.01. The minimum absolute atomic E-state index is 0.220. The van der Waals surface area contributed by atoms with Crippen molar-refractivity contribution in [3.05, 3.63) is 12.5 Å². The minimum Gasteiger partial charge on any atom is -0.440 e. The fourth-order valence-electron chi connectivity index (χ4n) is 1.45. The molecule has 4 N–H and O–H groups in total. The number of oxazole rings is 1. The van der Waals surface area contributed by atoms with Crippen molar-refractivity contribution in [1.82, 2.24) is 4.98 Å². The van der Waals surface area contributed by atoms with E-state index in [9.17, 15) is 4.79 Å². The van der Waals surface area contributed by atoms with Crippen molar-refractivity contribution in [1.29, 1.82) is 0 Å². The number of carbonyl (C=O) groups excluding carboxylic acids is 1. The summed E-state index contributed by atoms with van der Waals surface area (Å²) in [7, 11) is 0. The predicted octanol–water partition coefficient (Wildman–Crippen LogP) is 0.359. The lowest BCUT2D eigenvalue weighted by Gasteiger charge is -2.24. The molecule has 0 saturated heterocycles. The number of carbonyl (C=O) groups is 1. The van der Waals surface area contributed by atoms with E-state index in [0.29, 0.717) is 11.0 Å². The number of hydrogen-bond donors (Lipinski definition) is 2. The molecule has 1 heterocycles. The van der Waals surface area contributed by atoms with E-state index in [-0.39, 0.29) is 5.92 Å². The minimum atomic E-state index is -0.918. The second-order valence-corrected chi connectivity index (χ2v) is 4.69. The van der Waals surface area contributed by atoms with Crippen molar-refractivity contribution in [2.75, 3.05) is 5.75 Å². The summed E-state index contributed by atoms with van der Waals surface area (Å²) in [6.07, 6.45) is 5.00. The molecule has 5 nitrogen and oxygen atoms in total. The highest BCUT2D eigenvalue weighted by molar-refractivity contribution is 7.99. The molecule has 1 aliphatic rings. The first kappa shape index (κ1) is 10.5. The number of amides is 1. The molecular weight excluding hydrogens is 214 g/mol. The van der Waals surface area contributed by atoms with E-state index >= 15 is 0 Å². The van der Waals surface area contributed by atoms with Gasteiger partial charge in [0, 0.05) is 5.75 Å². The highest BCUT2D eigenvalue weighted by Gasteiger charge is 2.46. The van der Waals surface area contributed by atoms with E-state index in [1.54, 1.807) is 6.20 Å². The molecule has 2 rings (SSSR count). The van der Waals surface area contributed by atoms with Crippen molar-refractivity contribution < 1.29 is 9.21 Å². The molecule has 0 bridgehead atoms. The Kier molecular flexibility index (Phi) is 2.70. The molecule has 1 aliphatic carbocycles. The maximum atomic E-state index is 11.3. The topological polar surface area (TPSA) is 95.1 Å². The third-order valence-electron chi connectivity index (χ3n) is 2.61. The van der Waals surface area contributed by atoms with Crippen LogP contribution in [0.5, 0.6) is 0 Å². The molecule has 1 saturated carbocycles. The second-order valence-electron chi connectivity index (χ2n) is 3.77. The number of aromatic nitrogens is 1.